The Labute approximate surface area is 148 Å². The van der Waals surface area contributed by atoms with Crippen molar-refractivity contribution in [3.8, 4) is 11.3 Å². The molecule has 26 heavy (non-hydrogen) atoms. The van der Waals surface area contributed by atoms with Gasteiger partial charge in [-0.05, 0) is 12.1 Å². The molecule has 0 saturated carbocycles. The van der Waals surface area contributed by atoms with Gasteiger partial charge in [-0.25, -0.2) is 0 Å². The number of hydrogen-bond acceptors (Lipinski definition) is 4. The summed E-state index contributed by atoms with van der Waals surface area (Å²) in [5.41, 5.74) is -0.706. The van der Waals surface area contributed by atoms with Crippen LogP contribution in [-0.2, 0) is 11.8 Å². The molecule has 2 aromatic heterocycles. The van der Waals surface area contributed by atoms with E-state index in [0.717, 1.165) is 7.11 Å². The fourth-order valence-corrected chi connectivity index (χ4v) is 3.20. The Kier molecular flexibility index (Phi) is 4.74. The summed E-state index contributed by atoms with van der Waals surface area (Å²) in [4.78, 5) is 18.6. The first kappa shape index (κ1) is 18.4. The van der Waals surface area contributed by atoms with E-state index in [4.69, 9.17) is 4.74 Å². The lowest BCUT2D eigenvalue weighted by molar-refractivity contribution is -0.281. The predicted octanol–water partition coefficient (Wildman–Crippen LogP) is 2.67. The summed E-state index contributed by atoms with van der Waals surface area (Å²) in [6, 6.07) is 3.26. The number of rotatable bonds is 3. The molecule has 3 rings (SSSR count). The Hall–Kier alpha value is -2.42. The van der Waals surface area contributed by atoms with Crippen molar-refractivity contribution < 1.29 is 22.7 Å². The molecule has 0 radical (unpaired) electrons. The van der Waals surface area contributed by atoms with Crippen molar-refractivity contribution in [2.75, 3.05) is 20.2 Å². The van der Waals surface area contributed by atoms with Gasteiger partial charge in [0.15, 0.2) is 5.60 Å². The van der Waals surface area contributed by atoms with Gasteiger partial charge in [-0.2, -0.15) is 18.3 Å². The molecule has 1 fully saturated rings. The highest BCUT2D eigenvalue weighted by Gasteiger charge is 2.56. The lowest BCUT2D eigenvalue weighted by Crippen LogP contribution is -2.55. The number of pyridine rings is 1. The number of halogens is 3. The van der Waals surface area contributed by atoms with E-state index in [9.17, 15) is 18.0 Å². The average Bonchev–Trinajstić information content (AvgIpc) is 3.06. The van der Waals surface area contributed by atoms with E-state index in [1.54, 1.807) is 42.5 Å². The summed E-state index contributed by atoms with van der Waals surface area (Å²) in [6.45, 7) is -0.0683. The number of methoxy groups -OCH3 is 1. The molecular weight excluding hydrogens is 349 g/mol. The highest BCUT2D eigenvalue weighted by molar-refractivity contribution is 5.99. The first-order chi connectivity index (χ1) is 12.3. The molecule has 0 unspecified atom stereocenters. The topological polar surface area (TPSA) is 60.2 Å². The molecule has 0 aromatic carbocycles. The molecule has 2 aromatic rings. The SMILES string of the molecule is COC1(C(F)(F)F)CCN(C(=O)c2cccnc2-c2cnn(C)c2)CC1. The number of amides is 1. The number of nitrogens with zero attached hydrogens (tertiary/aromatic N) is 4. The van der Waals surface area contributed by atoms with Crippen LogP contribution in [0.5, 0.6) is 0 Å². The van der Waals surface area contributed by atoms with Crippen molar-refractivity contribution in [3.05, 3.63) is 36.3 Å². The zero-order chi connectivity index (χ0) is 18.9. The molecule has 0 atom stereocenters. The lowest BCUT2D eigenvalue weighted by atomic mass is 9.90. The maximum Gasteiger partial charge on any atom is 0.417 e. The third-order valence-corrected chi connectivity index (χ3v) is 4.78. The summed E-state index contributed by atoms with van der Waals surface area (Å²) in [6.07, 6.45) is -0.159. The molecule has 140 valence electrons. The van der Waals surface area contributed by atoms with Crippen LogP contribution in [0.1, 0.15) is 23.2 Å². The third kappa shape index (κ3) is 3.18. The number of aryl methyl sites for hydroxylation is 1. The molecular formula is C17H19F3N4O2. The summed E-state index contributed by atoms with van der Waals surface area (Å²) < 4.78 is 46.2. The summed E-state index contributed by atoms with van der Waals surface area (Å²) in [7, 11) is 2.81. The van der Waals surface area contributed by atoms with Crippen molar-refractivity contribution in [1.29, 1.82) is 0 Å². The highest BCUT2D eigenvalue weighted by Crippen LogP contribution is 2.41. The van der Waals surface area contributed by atoms with Crippen molar-refractivity contribution in [1.82, 2.24) is 19.7 Å². The number of carbonyl (C=O) groups is 1. The third-order valence-electron chi connectivity index (χ3n) is 4.78. The summed E-state index contributed by atoms with van der Waals surface area (Å²) in [5, 5.41) is 4.07. The number of hydrogen-bond donors (Lipinski definition) is 0. The second kappa shape index (κ2) is 6.71. The van der Waals surface area contributed by atoms with Crippen molar-refractivity contribution in [3.63, 3.8) is 0 Å². The standard InChI is InChI=1S/C17H19F3N4O2/c1-23-11-12(10-22-23)14-13(4-3-7-21-14)15(25)24-8-5-16(26-2,6-9-24)17(18,19)20/h3-4,7,10-11H,5-6,8-9H2,1-2H3. The molecule has 1 aliphatic heterocycles. The minimum atomic E-state index is -4.47. The minimum absolute atomic E-state index is 0.0342. The number of aromatic nitrogens is 3. The predicted molar refractivity (Wildman–Crippen MR) is 87.4 cm³/mol. The first-order valence-corrected chi connectivity index (χ1v) is 8.12. The average molecular weight is 368 g/mol. The van der Waals surface area contributed by atoms with Crippen molar-refractivity contribution >= 4 is 5.91 Å². The van der Waals surface area contributed by atoms with Gasteiger partial charge >= 0.3 is 6.18 Å². The zero-order valence-electron chi connectivity index (χ0n) is 14.5. The van der Waals surface area contributed by atoms with Crippen LogP contribution >= 0.6 is 0 Å². The first-order valence-electron chi connectivity index (χ1n) is 8.12. The van der Waals surface area contributed by atoms with Gasteiger partial charge in [0.2, 0.25) is 0 Å². The van der Waals surface area contributed by atoms with Crippen molar-refractivity contribution in [2.45, 2.75) is 24.6 Å². The Morgan fingerprint density at radius 3 is 2.54 bits per heavy atom. The van der Waals surface area contributed by atoms with Crippen LogP contribution in [0.25, 0.3) is 11.3 Å². The molecule has 6 nitrogen and oxygen atoms in total. The fourth-order valence-electron chi connectivity index (χ4n) is 3.20. The molecule has 1 aliphatic rings. The Morgan fingerprint density at radius 1 is 1.31 bits per heavy atom. The van der Waals surface area contributed by atoms with E-state index in [1.807, 2.05) is 0 Å². The number of ether oxygens (including phenoxy) is 1. The van der Waals surface area contributed by atoms with Crippen LogP contribution < -0.4 is 0 Å². The van der Waals surface area contributed by atoms with Crippen molar-refractivity contribution in [2.24, 2.45) is 7.05 Å². The molecule has 1 amide bonds. The fraction of sp³-hybridized carbons (Fsp3) is 0.471. The number of alkyl halides is 3. The maximum absolute atomic E-state index is 13.3. The van der Waals surface area contributed by atoms with Gasteiger partial charge in [0.05, 0.1) is 17.5 Å². The second-order valence-corrected chi connectivity index (χ2v) is 6.29. The zero-order valence-corrected chi connectivity index (χ0v) is 14.5. The normalized spacial score (nSPS) is 17.3. The van der Waals surface area contributed by atoms with Crippen LogP contribution in [0.15, 0.2) is 30.7 Å². The Morgan fingerprint density at radius 2 is 2.00 bits per heavy atom. The smallest absolute Gasteiger partial charge is 0.369 e. The second-order valence-electron chi connectivity index (χ2n) is 6.29. The number of piperidine rings is 1. The molecule has 3 heterocycles. The van der Waals surface area contributed by atoms with E-state index in [1.165, 1.54) is 4.90 Å². The van der Waals surface area contributed by atoms with Gasteiger partial charge in [-0.3, -0.25) is 14.5 Å². The number of likely N-dealkylation sites (tertiary alicyclic amines) is 1. The highest BCUT2D eigenvalue weighted by atomic mass is 19.4. The van der Waals surface area contributed by atoms with Crippen LogP contribution in [0.2, 0.25) is 0 Å². The van der Waals surface area contributed by atoms with Gasteiger partial charge < -0.3 is 9.64 Å². The number of carbonyl (C=O) groups excluding carboxylic acids is 1. The quantitative estimate of drug-likeness (QED) is 0.836. The van der Waals surface area contributed by atoms with Gasteiger partial charge in [-0.1, -0.05) is 0 Å². The Bertz CT molecular complexity index is 795. The van der Waals surface area contributed by atoms with Gasteiger partial charge in [0.1, 0.15) is 0 Å². The largest absolute Gasteiger partial charge is 0.417 e. The van der Waals surface area contributed by atoms with Crippen LogP contribution in [0.4, 0.5) is 13.2 Å². The monoisotopic (exact) mass is 368 g/mol. The molecule has 9 heteroatoms. The van der Waals surface area contributed by atoms with Gasteiger partial charge in [-0.15, -0.1) is 0 Å². The van der Waals surface area contributed by atoms with E-state index in [2.05, 4.69) is 10.1 Å². The van der Waals surface area contributed by atoms with E-state index in [0.29, 0.717) is 16.8 Å². The molecule has 0 N–H and O–H groups in total. The van der Waals surface area contributed by atoms with Crippen LogP contribution in [-0.4, -0.2) is 57.5 Å². The lowest BCUT2D eigenvalue weighted by Gasteiger charge is -2.41. The van der Waals surface area contributed by atoms with Gasteiger partial charge in [0, 0.05) is 58.0 Å². The molecule has 0 spiro atoms. The van der Waals surface area contributed by atoms with E-state index >= 15 is 0 Å². The van der Waals surface area contributed by atoms with E-state index in [-0.39, 0.29) is 31.8 Å². The maximum atomic E-state index is 13.3. The minimum Gasteiger partial charge on any atom is -0.369 e. The molecule has 1 saturated heterocycles. The molecule has 0 aliphatic carbocycles. The van der Waals surface area contributed by atoms with Gasteiger partial charge in [0.25, 0.3) is 5.91 Å². The Balaban J connectivity index is 1.82. The summed E-state index contributed by atoms with van der Waals surface area (Å²) >= 11 is 0. The summed E-state index contributed by atoms with van der Waals surface area (Å²) in [5.74, 6) is -0.344. The molecule has 0 bridgehead atoms. The van der Waals surface area contributed by atoms with Crippen LogP contribution in [0.3, 0.4) is 0 Å². The van der Waals surface area contributed by atoms with Crippen LogP contribution in [0, 0.1) is 0 Å². The van der Waals surface area contributed by atoms with E-state index < -0.39 is 11.8 Å².